The number of hydrogen-bond acceptors (Lipinski definition) is 1. The molecule has 0 bridgehead atoms. The minimum Gasteiger partial charge on any atom is -0.338 e. The monoisotopic (exact) mass is 224 g/mol. The Bertz CT molecular complexity index is 236. The van der Waals surface area contributed by atoms with Crippen LogP contribution in [0.15, 0.2) is 0 Å². The van der Waals surface area contributed by atoms with Crippen molar-refractivity contribution in [2.75, 3.05) is 6.54 Å². The van der Waals surface area contributed by atoms with Gasteiger partial charge in [-0.1, -0.05) is 32.6 Å². The van der Waals surface area contributed by atoms with Crippen molar-refractivity contribution in [3.8, 4) is 0 Å². The maximum atomic E-state index is 11.6. The van der Waals surface area contributed by atoms with Gasteiger partial charge in [-0.2, -0.15) is 0 Å². The van der Waals surface area contributed by atoms with Gasteiger partial charge in [0.25, 0.3) is 0 Å². The molecule has 2 rings (SSSR count). The molecule has 2 saturated carbocycles. The summed E-state index contributed by atoms with van der Waals surface area (Å²) in [4.78, 5) is 11.6. The second kappa shape index (κ2) is 5.55. The molecule has 2 N–H and O–H groups in total. The summed E-state index contributed by atoms with van der Waals surface area (Å²) in [6.45, 7) is 3.16. The van der Waals surface area contributed by atoms with Gasteiger partial charge in [-0.3, -0.25) is 0 Å². The first-order chi connectivity index (χ1) is 7.75. The predicted octanol–water partition coefficient (Wildman–Crippen LogP) is 2.66. The minimum absolute atomic E-state index is 0.0472. The molecule has 16 heavy (non-hydrogen) atoms. The number of rotatable bonds is 3. The van der Waals surface area contributed by atoms with Crippen LogP contribution in [-0.2, 0) is 0 Å². The van der Waals surface area contributed by atoms with Gasteiger partial charge in [0.05, 0.1) is 0 Å². The van der Waals surface area contributed by atoms with E-state index in [-0.39, 0.29) is 6.03 Å². The van der Waals surface area contributed by atoms with E-state index in [0.29, 0.717) is 12.0 Å². The number of urea groups is 1. The van der Waals surface area contributed by atoms with E-state index in [9.17, 15) is 4.79 Å². The van der Waals surface area contributed by atoms with E-state index in [1.807, 2.05) is 0 Å². The van der Waals surface area contributed by atoms with Crippen LogP contribution in [0.1, 0.15) is 51.9 Å². The van der Waals surface area contributed by atoms with Crippen molar-refractivity contribution in [3.63, 3.8) is 0 Å². The summed E-state index contributed by atoms with van der Waals surface area (Å²) in [6.07, 6.45) is 8.80. The van der Waals surface area contributed by atoms with Crippen molar-refractivity contribution < 1.29 is 4.79 Å². The molecule has 2 amide bonds. The smallest absolute Gasteiger partial charge is 0.315 e. The largest absolute Gasteiger partial charge is 0.338 e. The van der Waals surface area contributed by atoms with Crippen LogP contribution in [0.2, 0.25) is 0 Å². The van der Waals surface area contributed by atoms with Gasteiger partial charge < -0.3 is 10.6 Å². The molecule has 0 saturated heterocycles. The van der Waals surface area contributed by atoms with E-state index < -0.39 is 0 Å². The van der Waals surface area contributed by atoms with Crippen LogP contribution in [0.25, 0.3) is 0 Å². The molecular formula is C13H24N2O. The molecule has 2 aliphatic rings. The van der Waals surface area contributed by atoms with E-state index in [4.69, 9.17) is 0 Å². The lowest BCUT2D eigenvalue weighted by Gasteiger charge is -2.18. The fourth-order valence-corrected chi connectivity index (χ4v) is 3.06. The Balaban J connectivity index is 1.63. The molecule has 0 spiro atoms. The average molecular weight is 224 g/mol. The molecule has 0 aromatic rings. The molecule has 0 heterocycles. The van der Waals surface area contributed by atoms with Gasteiger partial charge in [-0.05, 0) is 31.1 Å². The maximum Gasteiger partial charge on any atom is 0.315 e. The third-order valence-corrected chi connectivity index (χ3v) is 4.25. The first kappa shape index (κ1) is 11.7. The third-order valence-electron chi connectivity index (χ3n) is 4.25. The van der Waals surface area contributed by atoms with Crippen LogP contribution in [0.3, 0.4) is 0 Å². The molecule has 2 atom stereocenters. The second-order valence-electron chi connectivity index (χ2n) is 5.50. The Kier molecular flexibility index (Phi) is 4.08. The van der Waals surface area contributed by atoms with Gasteiger partial charge in [0.1, 0.15) is 0 Å². The van der Waals surface area contributed by atoms with E-state index in [1.54, 1.807) is 0 Å². The Morgan fingerprint density at radius 1 is 1.12 bits per heavy atom. The summed E-state index contributed by atoms with van der Waals surface area (Å²) in [6, 6.07) is 0.479. The molecule has 2 fully saturated rings. The molecule has 2 unspecified atom stereocenters. The van der Waals surface area contributed by atoms with E-state index in [0.717, 1.165) is 25.3 Å². The average Bonchev–Trinajstić information content (AvgIpc) is 2.87. The fraction of sp³-hybridized carbons (Fsp3) is 0.923. The lowest BCUT2D eigenvalue weighted by atomic mass is 9.98. The van der Waals surface area contributed by atoms with Crippen molar-refractivity contribution in [3.05, 3.63) is 0 Å². The molecule has 92 valence electrons. The van der Waals surface area contributed by atoms with Crippen molar-refractivity contribution in [2.24, 2.45) is 11.8 Å². The highest BCUT2D eigenvalue weighted by molar-refractivity contribution is 5.74. The summed E-state index contributed by atoms with van der Waals surface area (Å²) in [5, 5.41) is 6.10. The number of carbonyl (C=O) groups excluding carboxylic acids is 1. The van der Waals surface area contributed by atoms with E-state index in [2.05, 4.69) is 17.6 Å². The van der Waals surface area contributed by atoms with Crippen molar-refractivity contribution in [1.29, 1.82) is 0 Å². The SMILES string of the molecule is CC1CCCC1CNC(=O)NC1CCCC1. The highest BCUT2D eigenvalue weighted by atomic mass is 16.2. The van der Waals surface area contributed by atoms with Crippen molar-refractivity contribution in [2.45, 2.75) is 57.9 Å². The molecule has 0 radical (unpaired) electrons. The summed E-state index contributed by atoms with van der Waals surface area (Å²) in [5.74, 6) is 1.49. The first-order valence-corrected chi connectivity index (χ1v) is 6.80. The quantitative estimate of drug-likeness (QED) is 0.760. The first-order valence-electron chi connectivity index (χ1n) is 6.80. The molecule has 0 aromatic heterocycles. The number of amides is 2. The van der Waals surface area contributed by atoms with Gasteiger partial charge >= 0.3 is 6.03 Å². The van der Waals surface area contributed by atoms with Gasteiger partial charge in [-0.25, -0.2) is 4.79 Å². The van der Waals surface area contributed by atoms with Crippen molar-refractivity contribution in [1.82, 2.24) is 10.6 Å². The van der Waals surface area contributed by atoms with Gasteiger partial charge in [0, 0.05) is 12.6 Å². The molecule has 3 nitrogen and oxygen atoms in total. The lowest BCUT2D eigenvalue weighted by Crippen LogP contribution is -2.42. The van der Waals surface area contributed by atoms with Crippen LogP contribution in [0.5, 0.6) is 0 Å². The highest BCUT2D eigenvalue weighted by Crippen LogP contribution is 2.30. The zero-order valence-electron chi connectivity index (χ0n) is 10.3. The fourth-order valence-electron chi connectivity index (χ4n) is 3.06. The lowest BCUT2D eigenvalue weighted by molar-refractivity contribution is 0.233. The standard InChI is InChI=1S/C13H24N2O/c1-10-5-4-6-11(10)9-14-13(16)15-12-7-2-3-8-12/h10-12H,2-9H2,1H3,(H2,14,15,16). The molecule has 0 aliphatic heterocycles. The van der Waals surface area contributed by atoms with Crippen LogP contribution < -0.4 is 10.6 Å². The van der Waals surface area contributed by atoms with Gasteiger partial charge in [-0.15, -0.1) is 0 Å². The molecule has 2 aliphatic carbocycles. The Morgan fingerprint density at radius 2 is 1.88 bits per heavy atom. The Hall–Kier alpha value is -0.730. The summed E-state index contributed by atoms with van der Waals surface area (Å²) in [7, 11) is 0. The highest BCUT2D eigenvalue weighted by Gasteiger charge is 2.24. The summed E-state index contributed by atoms with van der Waals surface area (Å²) < 4.78 is 0. The molecule has 3 heteroatoms. The van der Waals surface area contributed by atoms with Crippen LogP contribution in [0.4, 0.5) is 4.79 Å². The second-order valence-corrected chi connectivity index (χ2v) is 5.50. The Labute approximate surface area is 98.4 Å². The normalized spacial score (nSPS) is 30.6. The summed E-state index contributed by atoms with van der Waals surface area (Å²) >= 11 is 0. The van der Waals surface area contributed by atoms with Crippen LogP contribution in [0, 0.1) is 11.8 Å². The van der Waals surface area contributed by atoms with Crippen molar-refractivity contribution >= 4 is 6.03 Å². The topological polar surface area (TPSA) is 41.1 Å². The number of hydrogen-bond donors (Lipinski definition) is 2. The predicted molar refractivity (Wildman–Crippen MR) is 65.3 cm³/mol. The van der Waals surface area contributed by atoms with Gasteiger partial charge in [0.15, 0.2) is 0 Å². The number of carbonyl (C=O) groups is 1. The number of nitrogens with one attached hydrogen (secondary N) is 2. The summed E-state index contributed by atoms with van der Waals surface area (Å²) in [5.41, 5.74) is 0. The zero-order chi connectivity index (χ0) is 11.4. The maximum absolute atomic E-state index is 11.6. The van der Waals surface area contributed by atoms with Crippen LogP contribution in [-0.4, -0.2) is 18.6 Å². The van der Waals surface area contributed by atoms with Gasteiger partial charge in [0.2, 0.25) is 0 Å². The van der Waals surface area contributed by atoms with Crippen LogP contribution >= 0.6 is 0 Å². The van der Waals surface area contributed by atoms with E-state index >= 15 is 0 Å². The minimum atomic E-state index is 0.0472. The molecule has 0 aromatic carbocycles. The zero-order valence-corrected chi connectivity index (χ0v) is 10.3. The Morgan fingerprint density at radius 3 is 2.50 bits per heavy atom. The van der Waals surface area contributed by atoms with E-state index in [1.165, 1.54) is 32.1 Å². The third kappa shape index (κ3) is 3.13. The molecular weight excluding hydrogens is 200 g/mol.